The van der Waals surface area contributed by atoms with Gasteiger partial charge in [0.1, 0.15) is 0 Å². The van der Waals surface area contributed by atoms with Gasteiger partial charge in [0.25, 0.3) is 0 Å². The third-order valence-electron chi connectivity index (χ3n) is 2.81. The summed E-state index contributed by atoms with van der Waals surface area (Å²) < 4.78 is 10.5. The molecule has 0 aromatic heterocycles. The summed E-state index contributed by atoms with van der Waals surface area (Å²) >= 11 is 5.20. The van der Waals surface area contributed by atoms with Crippen LogP contribution in [0.1, 0.15) is 18.4 Å². The fourth-order valence-electron chi connectivity index (χ4n) is 1.64. The molecule has 2 N–H and O–H groups in total. The van der Waals surface area contributed by atoms with Gasteiger partial charge in [-0.3, -0.25) is 0 Å². The number of thiocarbonyl (C=S) groups is 1. The SMILES string of the molecule is COc1ccc(CNC(=S)NC2CC2)cc1OC. The van der Waals surface area contributed by atoms with Crippen molar-refractivity contribution in [2.45, 2.75) is 25.4 Å². The molecule has 18 heavy (non-hydrogen) atoms. The largest absolute Gasteiger partial charge is 0.493 e. The van der Waals surface area contributed by atoms with Gasteiger partial charge in [-0.2, -0.15) is 0 Å². The van der Waals surface area contributed by atoms with E-state index in [0.717, 1.165) is 17.1 Å². The van der Waals surface area contributed by atoms with Crippen LogP contribution in [0, 0.1) is 0 Å². The first-order chi connectivity index (χ1) is 8.72. The Kier molecular flexibility index (Phi) is 4.25. The highest BCUT2D eigenvalue weighted by Gasteiger charge is 2.21. The highest BCUT2D eigenvalue weighted by atomic mass is 32.1. The normalized spacial score (nSPS) is 13.9. The van der Waals surface area contributed by atoms with Gasteiger partial charge in [0.05, 0.1) is 14.2 Å². The van der Waals surface area contributed by atoms with Crippen LogP contribution in [0.5, 0.6) is 11.5 Å². The molecule has 0 heterocycles. The lowest BCUT2D eigenvalue weighted by atomic mass is 10.2. The second-order valence-electron chi connectivity index (χ2n) is 4.29. The van der Waals surface area contributed by atoms with E-state index in [9.17, 15) is 0 Å². The van der Waals surface area contributed by atoms with Crippen molar-refractivity contribution in [2.24, 2.45) is 0 Å². The van der Waals surface area contributed by atoms with Crippen LogP contribution in [0.25, 0.3) is 0 Å². The Morgan fingerprint density at radius 1 is 1.28 bits per heavy atom. The van der Waals surface area contributed by atoms with Crippen LogP contribution in [-0.2, 0) is 6.54 Å². The number of benzene rings is 1. The molecule has 0 aliphatic heterocycles. The summed E-state index contributed by atoms with van der Waals surface area (Å²) in [4.78, 5) is 0. The Labute approximate surface area is 113 Å². The summed E-state index contributed by atoms with van der Waals surface area (Å²) in [7, 11) is 3.26. The molecule has 0 amide bonds. The van der Waals surface area contributed by atoms with E-state index >= 15 is 0 Å². The van der Waals surface area contributed by atoms with E-state index in [1.54, 1.807) is 14.2 Å². The Hall–Kier alpha value is -1.49. The standard InChI is InChI=1S/C13H18N2O2S/c1-16-11-6-3-9(7-12(11)17-2)8-14-13(18)15-10-4-5-10/h3,6-7,10H,4-5,8H2,1-2H3,(H2,14,15,18). The van der Waals surface area contributed by atoms with E-state index in [1.165, 1.54) is 12.8 Å². The molecule has 5 heteroatoms. The summed E-state index contributed by atoms with van der Waals surface area (Å²) in [5.41, 5.74) is 1.10. The minimum atomic E-state index is 0.579. The lowest BCUT2D eigenvalue weighted by Gasteiger charge is -2.12. The minimum Gasteiger partial charge on any atom is -0.493 e. The predicted molar refractivity (Wildman–Crippen MR) is 75.1 cm³/mol. The molecular weight excluding hydrogens is 248 g/mol. The van der Waals surface area contributed by atoms with E-state index in [-0.39, 0.29) is 0 Å². The van der Waals surface area contributed by atoms with Crippen molar-refractivity contribution in [2.75, 3.05) is 14.2 Å². The summed E-state index contributed by atoms with van der Waals surface area (Å²) in [5.74, 6) is 1.47. The van der Waals surface area contributed by atoms with E-state index in [1.807, 2.05) is 18.2 Å². The average Bonchev–Trinajstić information content (AvgIpc) is 3.19. The first kappa shape index (κ1) is 13.0. The molecule has 0 saturated heterocycles. The number of hydrogen-bond donors (Lipinski definition) is 2. The zero-order valence-electron chi connectivity index (χ0n) is 10.7. The fraction of sp³-hybridized carbons (Fsp3) is 0.462. The van der Waals surface area contributed by atoms with Crippen molar-refractivity contribution in [3.8, 4) is 11.5 Å². The van der Waals surface area contributed by atoms with E-state index in [4.69, 9.17) is 21.7 Å². The van der Waals surface area contributed by atoms with Crippen molar-refractivity contribution < 1.29 is 9.47 Å². The number of methoxy groups -OCH3 is 2. The molecule has 0 bridgehead atoms. The second kappa shape index (κ2) is 5.91. The van der Waals surface area contributed by atoms with Gasteiger partial charge in [-0.05, 0) is 42.8 Å². The van der Waals surface area contributed by atoms with Gasteiger partial charge < -0.3 is 20.1 Å². The number of rotatable bonds is 5. The Morgan fingerprint density at radius 2 is 2.00 bits per heavy atom. The Morgan fingerprint density at radius 3 is 2.61 bits per heavy atom. The van der Waals surface area contributed by atoms with E-state index in [0.29, 0.717) is 17.7 Å². The smallest absolute Gasteiger partial charge is 0.166 e. The van der Waals surface area contributed by atoms with Gasteiger partial charge in [0, 0.05) is 12.6 Å². The maximum Gasteiger partial charge on any atom is 0.166 e. The molecule has 1 aliphatic rings. The van der Waals surface area contributed by atoms with Crippen LogP contribution in [0.3, 0.4) is 0 Å². The first-order valence-electron chi connectivity index (χ1n) is 5.98. The lowest BCUT2D eigenvalue weighted by Crippen LogP contribution is -2.36. The number of nitrogens with one attached hydrogen (secondary N) is 2. The summed E-state index contributed by atoms with van der Waals surface area (Å²) in [6.45, 7) is 0.679. The first-order valence-corrected chi connectivity index (χ1v) is 6.39. The zero-order chi connectivity index (χ0) is 13.0. The monoisotopic (exact) mass is 266 g/mol. The van der Waals surface area contributed by atoms with Crippen molar-refractivity contribution >= 4 is 17.3 Å². The molecule has 98 valence electrons. The molecule has 1 aromatic rings. The molecule has 1 fully saturated rings. The quantitative estimate of drug-likeness (QED) is 0.796. The number of hydrogen-bond acceptors (Lipinski definition) is 3. The van der Waals surface area contributed by atoms with Crippen molar-refractivity contribution in [3.05, 3.63) is 23.8 Å². The van der Waals surface area contributed by atoms with Crippen LogP contribution in [0.15, 0.2) is 18.2 Å². The van der Waals surface area contributed by atoms with Gasteiger partial charge >= 0.3 is 0 Å². The molecule has 0 spiro atoms. The van der Waals surface area contributed by atoms with Gasteiger partial charge in [-0.1, -0.05) is 6.07 Å². The molecule has 1 aliphatic carbocycles. The van der Waals surface area contributed by atoms with E-state index < -0.39 is 0 Å². The van der Waals surface area contributed by atoms with Gasteiger partial charge in [0.2, 0.25) is 0 Å². The van der Waals surface area contributed by atoms with E-state index in [2.05, 4.69) is 10.6 Å². The predicted octanol–water partition coefficient (Wildman–Crippen LogP) is 1.83. The summed E-state index contributed by atoms with van der Waals surface area (Å²) in [5, 5.41) is 7.14. The highest BCUT2D eigenvalue weighted by Crippen LogP contribution is 2.27. The molecule has 4 nitrogen and oxygen atoms in total. The van der Waals surface area contributed by atoms with Crippen LogP contribution in [-0.4, -0.2) is 25.4 Å². The summed E-state index contributed by atoms with van der Waals surface area (Å²) in [6, 6.07) is 6.42. The zero-order valence-corrected chi connectivity index (χ0v) is 11.5. The van der Waals surface area contributed by atoms with Crippen molar-refractivity contribution in [1.82, 2.24) is 10.6 Å². The molecule has 0 unspecified atom stereocenters. The topological polar surface area (TPSA) is 42.5 Å². The molecule has 0 atom stereocenters. The summed E-state index contributed by atoms with van der Waals surface area (Å²) in [6.07, 6.45) is 2.44. The highest BCUT2D eigenvalue weighted by molar-refractivity contribution is 7.80. The third-order valence-corrected chi connectivity index (χ3v) is 3.08. The molecule has 1 aromatic carbocycles. The van der Waals surface area contributed by atoms with Crippen LogP contribution >= 0.6 is 12.2 Å². The number of ether oxygens (including phenoxy) is 2. The maximum absolute atomic E-state index is 5.26. The van der Waals surface area contributed by atoms with Crippen molar-refractivity contribution in [3.63, 3.8) is 0 Å². The van der Waals surface area contributed by atoms with Crippen LogP contribution in [0.4, 0.5) is 0 Å². The minimum absolute atomic E-state index is 0.579. The lowest BCUT2D eigenvalue weighted by molar-refractivity contribution is 0.354. The molecule has 0 radical (unpaired) electrons. The fourth-order valence-corrected chi connectivity index (χ4v) is 1.88. The van der Waals surface area contributed by atoms with Crippen molar-refractivity contribution in [1.29, 1.82) is 0 Å². The van der Waals surface area contributed by atoms with Gasteiger partial charge in [-0.15, -0.1) is 0 Å². The molecule has 1 saturated carbocycles. The average molecular weight is 266 g/mol. The van der Waals surface area contributed by atoms with Gasteiger partial charge in [-0.25, -0.2) is 0 Å². The van der Waals surface area contributed by atoms with Crippen LogP contribution < -0.4 is 20.1 Å². The third kappa shape index (κ3) is 3.50. The molecular formula is C13H18N2O2S. The molecule has 2 rings (SSSR count). The second-order valence-corrected chi connectivity index (χ2v) is 4.70. The Balaban J connectivity index is 1.89. The maximum atomic E-state index is 5.26. The van der Waals surface area contributed by atoms with Gasteiger partial charge in [0.15, 0.2) is 16.6 Å². The van der Waals surface area contributed by atoms with Crippen LogP contribution in [0.2, 0.25) is 0 Å². The Bertz CT molecular complexity index is 433.